The van der Waals surface area contributed by atoms with E-state index in [2.05, 4.69) is 14.6 Å². The summed E-state index contributed by atoms with van der Waals surface area (Å²) >= 11 is 0. The van der Waals surface area contributed by atoms with E-state index in [0.29, 0.717) is 5.69 Å². The van der Waals surface area contributed by atoms with E-state index in [1.807, 2.05) is 31.3 Å². The van der Waals surface area contributed by atoms with E-state index in [9.17, 15) is 9.59 Å². The molecule has 6 heteroatoms. The fourth-order valence-corrected chi connectivity index (χ4v) is 2.18. The van der Waals surface area contributed by atoms with Crippen LogP contribution in [0.15, 0.2) is 24.3 Å². The van der Waals surface area contributed by atoms with E-state index in [1.54, 1.807) is 4.68 Å². The van der Waals surface area contributed by atoms with Gasteiger partial charge in [-0.05, 0) is 6.07 Å². The Hall–Kier alpha value is -2.37. The number of carbonyl (C=O) groups excluding carboxylic acids is 2. The average Bonchev–Trinajstić information content (AvgIpc) is 2.80. The Morgan fingerprint density at radius 1 is 1.20 bits per heavy atom. The number of para-hydroxylation sites is 1. The molecule has 0 bridgehead atoms. The van der Waals surface area contributed by atoms with Gasteiger partial charge in [-0.3, -0.25) is 14.3 Å². The first kappa shape index (κ1) is 14.0. The van der Waals surface area contributed by atoms with E-state index in [0.717, 1.165) is 10.9 Å². The highest BCUT2D eigenvalue weighted by molar-refractivity contribution is 5.95. The van der Waals surface area contributed by atoms with Gasteiger partial charge in [0, 0.05) is 18.9 Å². The maximum absolute atomic E-state index is 11.7. The van der Waals surface area contributed by atoms with Crippen LogP contribution in [-0.4, -0.2) is 35.9 Å². The Morgan fingerprint density at radius 2 is 1.80 bits per heavy atom. The minimum atomic E-state index is -0.997. The molecular weight excluding hydrogens is 260 g/mol. The van der Waals surface area contributed by atoms with Crippen molar-refractivity contribution in [3.05, 3.63) is 30.0 Å². The van der Waals surface area contributed by atoms with Gasteiger partial charge in [-0.15, -0.1) is 0 Å². The summed E-state index contributed by atoms with van der Waals surface area (Å²) in [6.07, 6.45) is 0.153. The molecular formula is C14H16N2O4. The fourth-order valence-electron chi connectivity index (χ4n) is 2.18. The molecule has 0 saturated heterocycles. The highest BCUT2D eigenvalue weighted by Crippen LogP contribution is 2.21. The summed E-state index contributed by atoms with van der Waals surface area (Å²) in [6.45, 7) is 0. The van der Waals surface area contributed by atoms with Gasteiger partial charge in [0.05, 0.1) is 25.4 Å². The van der Waals surface area contributed by atoms with Gasteiger partial charge in [-0.25, -0.2) is 0 Å². The number of aromatic nitrogens is 2. The first-order chi connectivity index (χ1) is 9.58. The standard InChI is InChI=1S/C14H16N2O4/c1-16-12-7-5-4-6-9(12)11(15-16)8-10(13(17)19-2)14(18)20-3/h4-7,10H,8H2,1-3H3. The molecule has 0 saturated carbocycles. The predicted octanol–water partition coefficient (Wildman–Crippen LogP) is 1.08. The summed E-state index contributed by atoms with van der Waals surface area (Å²) in [6, 6.07) is 7.63. The molecule has 0 unspecified atom stereocenters. The van der Waals surface area contributed by atoms with Crippen molar-refractivity contribution < 1.29 is 19.1 Å². The van der Waals surface area contributed by atoms with Crippen molar-refractivity contribution in [3.63, 3.8) is 0 Å². The Bertz CT molecular complexity index is 632. The van der Waals surface area contributed by atoms with Crippen LogP contribution in [0.3, 0.4) is 0 Å². The number of aryl methyl sites for hydroxylation is 1. The van der Waals surface area contributed by atoms with Crippen molar-refractivity contribution in [2.75, 3.05) is 14.2 Å². The van der Waals surface area contributed by atoms with Crippen LogP contribution in [-0.2, 0) is 32.5 Å². The number of nitrogens with zero attached hydrogens (tertiary/aromatic N) is 2. The minimum Gasteiger partial charge on any atom is -0.468 e. The topological polar surface area (TPSA) is 70.4 Å². The third-order valence-electron chi connectivity index (χ3n) is 3.20. The second kappa shape index (κ2) is 5.73. The van der Waals surface area contributed by atoms with Crippen molar-refractivity contribution >= 4 is 22.8 Å². The molecule has 0 atom stereocenters. The third kappa shape index (κ3) is 2.49. The summed E-state index contributed by atoms with van der Waals surface area (Å²) in [7, 11) is 4.31. The van der Waals surface area contributed by atoms with E-state index in [1.165, 1.54) is 14.2 Å². The van der Waals surface area contributed by atoms with Crippen LogP contribution in [0, 0.1) is 5.92 Å². The lowest BCUT2D eigenvalue weighted by Crippen LogP contribution is -2.28. The molecule has 2 rings (SSSR count). The second-order valence-electron chi connectivity index (χ2n) is 4.39. The van der Waals surface area contributed by atoms with E-state index in [-0.39, 0.29) is 6.42 Å². The van der Waals surface area contributed by atoms with Crippen LogP contribution in [0.4, 0.5) is 0 Å². The van der Waals surface area contributed by atoms with Crippen molar-refractivity contribution in [2.45, 2.75) is 6.42 Å². The molecule has 0 N–H and O–H groups in total. The van der Waals surface area contributed by atoms with E-state index < -0.39 is 17.9 Å². The molecule has 1 aromatic heterocycles. The number of esters is 2. The van der Waals surface area contributed by atoms with Gasteiger partial charge < -0.3 is 9.47 Å². The van der Waals surface area contributed by atoms with Crippen LogP contribution >= 0.6 is 0 Å². The van der Waals surface area contributed by atoms with Gasteiger partial charge in [0.15, 0.2) is 5.92 Å². The zero-order valence-corrected chi connectivity index (χ0v) is 11.6. The molecule has 0 amide bonds. The maximum Gasteiger partial charge on any atom is 0.320 e. The monoisotopic (exact) mass is 276 g/mol. The molecule has 20 heavy (non-hydrogen) atoms. The molecule has 0 aliphatic heterocycles. The van der Waals surface area contributed by atoms with Crippen LogP contribution < -0.4 is 0 Å². The molecule has 1 aromatic carbocycles. The average molecular weight is 276 g/mol. The molecule has 1 heterocycles. The Balaban J connectivity index is 2.38. The summed E-state index contributed by atoms with van der Waals surface area (Å²) < 4.78 is 11.0. The lowest BCUT2D eigenvalue weighted by molar-refractivity contribution is -0.158. The summed E-state index contributed by atoms with van der Waals surface area (Å²) in [4.78, 5) is 23.4. The number of carbonyl (C=O) groups is 2. The molecule has 0 fully saturated rings. The molecule has 2 aromatic rings. The van der Waals surface area contributed by atoms with Gasteiger partial charge in [-0.2, -0.15) is 5.10 Å². The van der Waals surface area contributed by atoms with E-state index in [4.69, 9.17) is 0 Å². The zero-order chi connectivity index (χ0) is 14.7. The number of methoxy groups -OCH3 is 2. The molecule has 106 valence electrons. The van der Waals surface area contributed by atoms with Crippen molar-refractivity contribution in [2.24, 2.45) is 13.0 Å². The molecule has 0 radical (unpaired) electrons. The number of fused-ring (bicyclic) bond motifs is 1. The van der Waals surface area contributed by atoms with Gasteiger partial charge in [0.1, 0.15) is 0 Å². The van der Waals surface area contributed by atoms with Gasteiger partial charge in [-0.1, -0.05) is 18.2 Å². The van der Waals surface area contributed by atoms with Gasteiger partial charge in [0.2, 0.25) is 0 Å². The number of ether oxygens (including phenoxy) is 2. The van der Waals surface area contributed by atoms with Crippen molar-refractivity contribution in [1.29, 1.82) is 0 Å². The Morgan fingerprint density at radius 3 is 2.40 bits per heavy atom. The quantitative estimate of drug-likeness (QED) is 0.617. The Labute approximate surface area is 116 Å². The molecule has 0 aliphatic rings. The second-order valence-corrected chi connectivity index (χ2v) is 4.39. The van der Waals surface area contributed by atoms with Crippen LogP contribution in [0.5, 0.6) is 0 Å². The van der Waals surface area contributed by atoms with Crippen molar-refractivity contribution in [3.8, 4) is 0 Å². The number of hydrogen-bond acceptors (Lipinski definition) is 5. The van der Waals surface area contributed by atoms with Gasteiger partial charge >= 0.3 is 11.9 Å². The maximum atomic E-state index is 11.7. The third-order valence-corrected chi connectivity index (χ3v) is 3.20. The zero-order valence-electron chi connectivity index (χ0n) is 11.6. The Kier molecular flexibility index (Phi) is 4.02. The number of rotatable bonds is 4. The highest BCUT2D eigenvalue weighted by atomic mass is 16.5. The van der Waals surface area contributed by atoms with Gasteiger partial charge in [0.25, 0.3) is 0 Å². The number of hydrogen-bond donors (Lipinski definition) is 0. The van der Waals surface area contributed by atoms with Crippen molar-refractivity contribution in [1.82, 2.24) is 9.78 Å². The lowest BCUT2D eigenvalue weighted by atomic mass is 10.0. The lowest BCUT2D eigenvalue weighted by Gasteiger charge is -2.10. The summed E-state index contributed by atoms with van der Waals surface area (Å²) in [5.74, 6) is -2.23. The fraction of sp³-hybridized carbons (Fsp3) is 0.357. The van der Waals surface area contributed by atoms with Crippen LogP contribution in [0.25, 0.3) is 10.9 Å². The molecule has 6 nitrogen and oxygen atoms in total. The predicted molar refractivity (Wildman–Crippen MR) is 71.9 cm³/mol. The number of benzene rings is 1. The first-order valence-corrected chi connectivity index (χ1v) is 6.14. The summed E-state index contributed by atoms with van der Waals surface area (Å²) in [5.41, 5.74) is 1.61. The van der Waals surface area contributed by atoms with Crippen LogP contribution in [0.1, 0.15) is 5.69 Å². The smallest absolute Gasteiger partial charge is 0.320 e. The van der Waals surface area contributed by atoms with E-state index >= 15 is 0 Å². The first-order valence-electron chi connectivity index (χ1n) is 6.14. The largest absolute Gasteiger partial charge is 0.468 e. The SMILES string of the molecule is COC(=O)C(Cc1nn(C)c2ccccc12)C(=O)OC. The molecule has 0 aliphatic carbocycles. The normalized spacial score (nSPS) is 10.8. The summed E-state index contributed by atoms with van der Waals surface area (Å²) in [5, 5.41) is 5.27. The minimum absolute atomic E-state index is 0.153. The molecule has 0 spiro atoms. The van der Waals surface area contributed by atoms with Crippen LogP contribution in [0.2, 0.25) is 0 Å². The highest BCUT2D eigenvalue weighted by Gasteiger charge is 2.30.